The highest BCUT2D eigenvalue weighted by atomic mass is 32.9. The van der Waals surface area contributed by atoms with Crippen molar-refractivity contribution in [3.05, 3.63) is 4.67 Å². The van der Waals surface area contributed by atoms with Crippen molar-refractivity contribution < 1.29 is 0 Å². The Morgan fingerprint density at radius 3 is 2.33 bits per heavy atom. The van der Waals surface area contributed by atoms with Gasteiger partial charge in [-0.3, -0.25) is 0 Å². The predicted molar refractivity (Wildman–Crippen MR) is 64.8 cm³/mol. The zero-order chi connectivity index (χ0) is 8.97. The minimum absolute atomic E-state index is 1.17. The third kappa shape index (κ3) is 2.45. The number of rotatable bonds is 3. The molecule has 0 spiro atoms. The van der Waals surface area contributed by atoms with Gasteiger partial charge in [0, 0.05) is 6.26 Å². The number of hydrogen-bond acceptors (Lipinski definition) is 6. The smallest absolute Gasteiger partial charge is 0.149 e. The van der Waals surface area contributed by atoms with Crippen LogP contribution in [0.25, 0.3) is 0 Å². The lowest BCUT2D eigenvalue weighted by Gasteiger charge is -1.92. The van der Waals surface area contributed by atoms with Gasteiger partial charge in [0.15, 0.2) is 0 Å². The summed E-state index contributed by atoms with van der Waals surface area (Å²) >= 11 is 5.12. The van der Waals surface area contributed by atoms with E-state index in [0.717, 1.165) is 0 Å². The monoisotopic (exact) mass is 255 g/mol. The first-order valence-corrected chi connectivity index (χ1v) is 8.90. The first-order valence-electron chi connectivity index (χ1n) is 3.11. The third-order valence-corrected chi connectivity index (χ3v) is 6.57. The van der Waals surface area contributed by atoms with Crippen molar-refractivity contribution in [2.24, 2.45) is 4.40 Å². The van der Waals surface area contributed by atoms with E-state index in [9.17, 15) is 0 Å². The molecule has 12 heavy (non-hydrogen) atoms. The number of hydrogen-bond donors (Lipinski definition) is 0. The van der Waals surface area contributed by atoms with Gasteiger partial charge in [-0.2, -0.15) is 0 Å². The highest BCUT2D eigenvalue weighted by Crippen LogP contribution is 2.32. The standard InChI is InChI=1S/C6H9NS5/c1-8-4-5(7-10-3)11-12-6(4)9-2/h1-3H3/b7-5+. The largest absolute Gasteiger partial charge is 0.204 e. The summed E-state index contributed by atoms with van der Waals surface area (Å²) in [5.74, 6) is 0. The van der Waals surface area contributed by atoms with Crippen LogP contribution in [0.3, 0.4) is 0 Å². The molecule has 1 aromatic heterocycles. The number of nitrogens with zero attached hydrogens (tertiary/aromatic N) is 1. The van der Waals surface area contributed by atoms with E-state index in [2.05, 4.69) is 16.9 Å². The van der Waals surface area contributed by atoms with E-state index < -0.39 is 0 Å². The lowest BCUT2D eigenvalue weighted by atomic mass is 10.8. The second kappa shape index (κ2) is 5.59. The Bertz CT molecular complexity index is 299. The van der Waals surface area contributed by atoms with Crippen LogP contribution < -0.4 is 4.67 Å². The summed E-state index contributed by atoms with van der Waals surface area (Å²) < 4.78 is 6.92. The molecule has 0 radical (unpaired) electrons. The minimum atomic E-state index is 1.17. The van der Waals surface area contributed by atoms with Gasteiger partial charge in [-0.25, -0.2) is 4.40 Å². The molecule has 68 valence electrons. The maximum Gasteiger partial charge on any atom is 0.149 e. The third-order valence-electron chi connectivity index (χ3n) is 1.14. The lowest BCUT2D eigenvalue weighted by Crippen LogP contribution is -1.93. The zero-order valence-corrected chi connectivity index (χ0v) is 11.1. The molecule has 0 saturated carbocycles. The van der Waals surface area contributed by atoms with E-state index in [1.165, 1.54) is 25.7 Å². The molecule has 6 heteroatoms. The van der Waals surface area contributed by atoms with Crippen molar-refractivity contribution in [3.63, 3.8) is 0 Å². The molecule has 1 rings (SSSR count). The Balaban J connectivity index is 3.13. The van der Waals surface area contributed by atoms with Gasteiger partial charge < -0.3 is 0 Å². The molecule has 0 unspecified atom stereocenters. The quantitative estimate of drug-likeness (QED) is 0.466. The minimum Gasteiger partial charge on any atom is -0.204 e. The summed E-state index contributed by atoms with van der Waals surface area (Å²) in [6.45, 7) is 0. The van der Waals surface area contributed by atoms with E-state index in [4.69, 9.17) is 0 Å². The highest BCUT2D eigenvalue weighted by molar-refractivity contribution is 8.04. The molecule has 0 bridgehead atoms. The molecule has 1 nitrogen and oxygen atoms in total. The first-order chi connectivity index (χ1) is 5.83. The van der Waals surface area contributed by atoms with Crippen LogP contribution in [-0.2, 0) is 0 Å². The Labute approximate surface area is 92.6 Å². The van der Waals surface area contributed by atoms with E-state index in [0.29, 0.717) is 0 Å². The maximum absolute atomic E-state index is 4.36. The second-order valence-corrected chi connectivity index (χ2v) is 6.34. The van der Waals surface area contributed by atoms with Crippen LogP contribution in [0.4, 0.5) is 0 Å². The van der Waals surface area contributed by atoms with Crippen molar-refractivity contribution in [2.75, 3.05) is 18.8 Å². The van der Waals surface area contributed by atoms with Gasteiger partial charge in [0.05, 0.1) is 9.10 Å². The second-order valence-electron chi connectivity index (χ2n) is 1.77. The van der Waals surface area contributed by atoms with Crippen LogP contribution in [-0.4, -0.2) is 18.8 Å². The fraction of sp³-hybridized carbons (Fsp3) is 0.500. The van der Waals surface area contributed by atoms with Crippen LogP contribution in [0.1, 0.15) is 0 Å². The molecule has 0 aromatic carbocycles. The van der Waals surface area contributed by atoms with E-state index in [1.807, 2.05) is 16.6 Å². The molecular weight excluding hydrogens is 246 g/mol. The molecule has 1 heterocycles. The van der Waals surface area contributed by atoms with Crippen molar-refractivity contribution in [2.45, 2.75) is 9.10 Å². The van der Waals surface area contributed by atoms with Gasteiger partial charge in [0.25, 0.3) is 0 Å². The van der Waals surface area contributed by atoms with Gasteiger partial charge in [-0.1, -0.05) is 20.7 Å². The van der Waals surface area contributed by atoms with Gasteiger partial charge in [-0.05, 0) is 24.5 Å². The average molecular weight is 255 g/mol. The fourth-order valence-electron chi connectivity index (χ4n) is 0.677. The summed E-state index contributed by atoms with van der Waals surface area (Å²) in [6.07, 6.45) is 6.21. The first kappa shape index (κ1) is 11.0. The lowest BCUT2D eigenvalue weighted by molar-refractivity contribution is 1.31. The molecule has 0 aliphatic rings. The molecule has 0 saturated heterocycles. The molecule has 1 aromatic rings. The Kier molecular flexibility index (Phi) is 5.12. The van der Waals surface area contributed by atoms with Crippen molar-refractivity contribution in [1.82, 2.24) is 0 Å². The van der Waals surface area contributed by atoms with Crippen LogP contribution in [0, 0.1) is 0 Å². The van der Waals surface area contributed by atoms with Gasteiger partial charge >= 0.3 is 0 Å². The average Bonchev–Trinajstić information content (AvgIpc) is 2.47. The summed E-state index contributed by atoms with van der Waals surface area (Å²) in [6, 6.07) is 0. The number of thioether (sulfide) groups is 2. The van der Waals surface area contributed by atoms with Crippen LogP contribution in [0.2, 0.25) is 0 Å². The SMILES string of the molecule is CS/N=c1/ssc(SC)c1SC. The predicted octanol–water partition coefficient (Wildman–Crippen LogP) is 3.43. The Hall–Kier alpha value is 0.900. The molecule has 0 amide bonds. The van der Waals surface area contributed by atoms with Crippen LogP contribution >= 0.6 is 56.2 Å². The van der Waals surface area contributed by atoms with E-state index >= 15 is 0 Å². The van der Waals surface area contributed by atoms with Gasteiger partial charge in [0.2, 0.25) is 0 Å². The molecule has 0 atom stereocenters. The maximum atomic E-state index is 4.36. The highest BCUT2D eigenvalue weighted by Gasteiger charge is 2.06. The summed E-state index contributed by atoms with van der Waals surface area (Å²) in [7, 11) is 3.58. The van der Waals surface area contributed by atoms with Gasteiger partial charge in [0.1, 0.15) is 4.67 Å². The summed E-state index contributed by atoms with van der Waals surface area (Å²) in [5.41, 5.74) is 0. The Morgan fingerprint density at radius 2 is 1.83 bits per heavy atom. The summed E-state index contributed by atoms with van der Waals surface area (Å²) in [4.78, 5) is 1.34. The molecule has 0 aliphatic heterocycles. The topological polar surface area (TPSA) is 12.4 Å². The van der Waals surface area contributed by atoms with E-state index in [-0.39, 0.29) is 0 Å². The van der Waals surface area contributed by atoms with Crippen molar-refractivity contribution in [3.8, 4) is 0 Å². The van der Waals surface area contributed by atoms with Crippen LogP contribution in [0.15, 0.2) is 13.5 Å². The molecular formula is C6H9NS5. The zero-order valence-electron chi connectivity index (χ0n) is 6.99. The van der Waals surface area contributed by atoms with Crippen molar-refractivity contribution in [1.29, 1.82) is 0 Å². The normalized spacial score (nSPS) is 12.4. The fourth-order valence-corrected chi connectivity index (χ4v) is 6.64. The molecule has 0 N–H and O–H groups in total. The van der Waals surface area contributed by atoms with E-state index in [1.54, 1.807) is 33.9 Å². The Morgan fingerprint density at radius 1 is 1.08 bits per heavy atom. The molecule has 0 fully saturated rings. The molecule has 0 aliphatic carbocycles. The van der Waals surface area contributed by atoms with Crippen molar-refractivity contribution >= 4 is 56.2 Å². The van der Waals surface area contributed by atoms with Crippen LogP contribution in [0.5, 0.6) is 0 Å². The van der Waals surface area contributed by atoms with Gasteiger partial charge in [-0.15, -0.1) is 23.5 Å². The summed E-state index contributed by atoms with van der Waals surface area (Å²) in [5, 5.41) is 0.